The summed E-state index contributed by atoms with van der Waals surface area (Å²) in [6.45, 7) is 6.11. The van der Waals surface area contributed by atoms with E-state index < -0.39 is 0 Å². The molecule has 1 N–H and O–H groups in total. The van der Waals surface area contributed by atoms with Gasteiger partial charge in [0.2, 0.25) is 0 Å². The molecular formula is C17H18N2OS2. The molecule has 3 aromatic rings. The zero-order chi connectivity index (χ0) is 15.7. The highest BCUT2D eigenvalue weighted by Crippen LogP contribution is 2.31. The van der Waals surface area contributed by atoms with Crippen molar-refractivity contribution in [3.05, 3.63) is 62.5 Å². The molecule has 0 aliphatic rings. The third kappa shape index (κ3) is 2.96. The van der Waals surface area contributed by atoms with E-state index >= 15 is 0 Å². The van der Waals surface area contributed by atoms with E-state index in [-0.39, 0.29) is 10.8 Å². The Morgan fingerprint density at radius 1 is 1.27 bits per heavy atom. The summed E-state index contributed by atoms with van der Waals surface area (Å²) in [6.07, 6.45) is 0. The van der Waals surface area contributed by atoms with Crippen molar-refractivity contribution >= 4 is 33.3 Å². The minimum atomic E-state index is -0.0194. The standard InChI is InChI=1S/C17H18N2OS2/c1-10-11(2)22-17-14(10)16(20)18-15(19-17)12(3)21-9-13-7-5-4-6-8-13/h4-8,12H,9H2,1-3H3,(H,18,19,20). The highest BCUT2D eigenvalue weighted by Gasteiger charge is 2.15. The molecule has 0 saturated heterocycles. The molecular weight excluding hydrogens is 312 g/mol. The molecule has 3 nitrogen and oxygen atoms in total. The number of benzene rings is 1. The van der Waals surface area contributed by atoms with E-state index in [1.807, 2.05) is 32.0 Å². The predicted molar refractivity (Wildman–Crippen MR) is 95.9 cm³/mol. The summed E-state index contributed by atoms with van der Waals surface area (Å²) in [5.74, 6) is 1.67. The Bertz CT molecular complexity index is 852. The molecule has 2 aromatic heterocycles. The van der Waals surface area contributed by atoms with Crippen LogP contribution in [0.5, 0.6) is 0 Å². The second kappa shape index (κ2) is 6.26. The van der Waals surface area contributed by atoms with E-state index in [4.69, 9.17) is 0 Å². The van der Waals surface area contributed by atoms with Gasteiger partial charge in [-0.2, -0.15) is 0 Å². The number of hydrogen-bond acceptors (Lipinski definition) is 4. The van der Waals surface area contributed by atoms with Gasteiger partial charge in [-0.05, 0) is 31.9 Å². The summed E-state index contributed by atoms with van der Waals surface area (Å²) in [5, 5.41) is 0.895. The van der Waals surface area contributed by atoms with Gasteiger partial charge >= 0.3 is 0 Å². The summed E-state index contributed by atoms with van der Waals surface area (Å²) >= 11 is 3.38. The summed E-state index contributed by atoms with van der Waals surface area (Å²) < 4.78 is 0. The van der Waals surface area contributed by atoms with Crippen molar-refractivity contribution < 1.29 is 0 Å². The van der Waals surface area contributed by atoms with Crippen LogP contribution in [0.1, 0.15) is 34.0 Å². The van der Waals surface area contributed by atoms with Crippen LogP contribution >= 0.6 is 23.1 Å². The van der Waals surface area contributed by atoms with Gasteiger partial charge in [-0.3, -0.25) is 4.79 Å². The van der Waals surface area contributed by atoms with Crippen molar-refractivity contribution in [2.24, 2.45) is 0 Å². The number of nitrogens with one attached hydrogen (secondary N) is 1. The average Bonchev–Trinajstić information content (AvgIpc) is 2.81. The molecule has 3 rings (SSSR count). The molecule has 1 atom stereocenters. The van der Waals surface area contributed by atoms with Crippen LogP contribution in [0, 0.1) is 13.8 Å². The first kappa shape index (κ1) is 15.3. The van der Waals surface area contributed by atoms with Gasteiger partial charge < -0.3 is 4.98 Å². The number of aromatic amines is 1. The third-order valence-electron chi connectivity index (χ3n) is 3.79. The van der Waals surface area contributed by atoms with E-state index in [2.05, 4.69) is 29.0 Å². The fraction of sp³-hybridized carbons (Fsp3) is 0.294. The van der Waals surface area contributed by atoms with E-state index in [9.17, 15) is 4.79 Å². The first-order chi connectivity index (χ1) is 10.6. The van der Waals surface area contributed by atoms with Crippen molar-refractivity contribution in [1.82, 2.24) is 9.97 Å². The van der Waals surface area contributed by atoms with Crippen LogP contribution < -0.4 is 5.56 Å². The molecule has 5 heteroatoms. The molecule has 0 amide bonds. The highest BCUT2D eigenvalue weighted by atomic mass is 32.2. The topological polar surface area (TPSA) is 45.8 Å². The van der Waals surface area contributed by atoms with Crippen molar-refractivity contribution in [1.29, 1.82) is 0 Å². The number of aromatic nitrogens is 2. The van der Waals surface area contributed by atoms with E-state index in [1.54, 1.807) is 23.1 Å². The van der Waals surface area contributed by atoms with Gasteiger partial charge in [0.25, 0.3) is 5.56 Å². The van der Waals surface area contributed by atoms with Crippen LogP contribution in [0.4, 0.5) is 0 Å². The largest absolute Gasteiger partial charge is 0.309 e. The van der Waals surface area contributed by atoms with Crippen LogP contribution in [0.2, 0.25) is 0 Å². The number of H-pyrrole nitrogens is 1. The monoisotopic (exact) mass is 330 g/mol. The molecule has 1 aromatic carbocycles. The quantitative estimate of drug-likeness (QED) is 0.760. The number of aryl methyl sites for hydroxylation is 2. The maximum absolute atomic E-state index is 12.3. The molecule has 0 saturated carbocycles. The molecule has 1 unspecified atom stereocenters. The fourth-order valence-corrected chi connectivity index (χ4v) is 4.28. The van der Waals surface area contributed by atoms with Crippen LogP contribution in [0.25, 0.3) is 10.2 Å². The minimum absolute atomic E-state index is 0.0194. The number of rotatable bonds is 4. The molecule has 0 fully saturated rings. The second-order valence-electron chi connectivity index (χ2n) is 5.35. The maximum Gasteiger partial charge on any atom is 0.259 e. The Labute approximate surface area is 137 Å². The van der Waals surface area contributed by atoms with Crippen LogP contribution in [0.3, 0.4) is 0 Å². The lowest BCUT2D eigenvalue weighted by Gasteiger charge is -2.10. The van der Waals surface area contributed by atoms with Gasteiger partial charge in [-0.1, -0.05) is 30.3 Å². The Hall–Kier alpha value is -1.59. The van der Waals surface area contributed by atoms with Gasteiger partial charge in [0.1, 0.15) is 10.7 Å². The normalized spacial score (nSPS) is 12.7. The first-order valence-electron chi connectivity index (χ1n) is 7.21. The van der Waals surface area contributed by atoms with Crippen molar-refractivity contribution in [3.63, 3.8) is 0 Å². The van der Waals surface area contributed by atoms with Crippen LogP contribution in [-0.2, 0) is 5.75 Å². The molecule has 0 aliphatic carbocycles. The number of fused-ring (bicyclic) bond motifs is 1. The summed E-state index contributed by atoms with van der Waals surface area (Å²) in [6, 6.07) is 10.3. The Kier molecular flexibility index (Phi) is 4.36. The SMILES string of the molecule is Cc1sc2nc(C(C)SCc3ccccc3)[nH]c(=O)c2c1C. The van der Waals surface area contributed by atoms with Gasteiger partial charge in [0.15, 0.2) is 0 Å². The lowest BCUT2D eigenvalue weighted by Crippen LogP contribution is -2.12. The predicted octanol–water partition coefficient (Wildman–Crippen LogP) is 4.60. The number of nitrogens with zero attached hydrogens (tertiary/aromatic N) is 1. The molecule has 0 radical (unpaired) electrons. The van der Waals surface area contributed by atoms with E-state index in [0.717, 1.165) is 32.2 Å². The van der Waals surface area contributed by atoms with E-state index in [0.29, 0.717) is 0 Å². The lowest BCUT2D eigenvalue weighted by molar-refractivity contribution is 0.925. The molecule has 2 heterocycles. The molecule has 0 aliphatic heterocycles. The first-order valence-corrected chi connectivity index (χ1v) is 9.08. The zero-order valence-corrected chi connectivity index (χ0v) is 14.5. The summed E-state index contributed by atoms with van der Waals surface area (Å²) in [7, 11) is 0. The van der Waals surface area contributed by atoms with Crippen molar-refractivity contribution in [2.75, 3.05) is 0 Å². The minimum Gasteiger partial charge on any atom is -0.309 e. The molecule has 0 spiro atoms. The van der Waals surface area contributed by atoms with Crippen LogP contribution in [-0.4, -0.2) is 9.97 Å². The smallest absolute Gasteiger partial charge is 0.259 e. The Morgan fingerprint density at radius 3 is 2.73 bits per heavy atom. The molecule has 114 valence electrons. The summed E-state index contributed by atoms with van der Waals surface area (Å²) in [5.41, 5.74) is 2.31. The Balaban J connectivity index is 1.85. The van der Waals surface area contributed by atoms with Gasteiger partial charge in [0.05, 0.1) is 10.6 Å². The number of hydrogen-bond donors (Lipinski definition) is 1. The Morgan fingerprint density at radius 2 is 2.00 bits per heavy atom. The number of thioether (sulfide) groups is 1. The fourth-order valence-electron chi connectivity index (χ4n) is 2.34. The summed E-state index contributed by atoms with van der Waals surface area (Å²) in [4.78, 5) is 22.0. The van der Waals surface area contributed by atoms with Crippen LogP contribution in [0.15, 0.2) is 35.1 Å². The van der Waals surface area contributed by atoms with Gasteiger partial charge in [-0.15, -0.1) is 23.1 Å². The zero-order valence-electron chi connectivity index (χ0n) is 12.8. The third-order valence-corrected chi connectivity index (χ3v) is 6.11. The van der Waals surface area contributed by atoms with Gasteiger partial charge in [-0.25, -0.2) is 4.98 Å². The molecule has 0 bridgehead atoms. The average molecular weight is 330 g/mol. The number of thiophene rings is 1. The highest BCUT2D eigenvalue weighted by molar-refractivity contribution is 7.98. The molecule has 22 heavy (non-hydrogen) atoms. The van der Waals surface area contributed by atoms with Crippen molar-refractivity contribution in [3.8, 4) is 0 Å². The lowest BCUT2D eigenvalue weighted by atomic mass is 10.2. The second-order valence-corrected chi connectivity index (χ2v) is 7.89. The van der Waals surface area contributed by atoms with Gasteiger partial charge in [0, 0.05) is 10.6 Å². The van der Waals surface area contributed by atoms with E-state index in [1.165, 1.54) is 5.56 Å². The maximum atomic E-state index is 12.3. The van der Waals surface area contributed by atoms with Crippen molar-refractivity contribution in [2.45, 2.75) is 31.8 Å².